The largest absolute Gasteiger partial charge is 0.322 e. The second-order valence-corrected chi connectivity index (χ2v) is 6.96. The molecule has 1 amide bonds. The molecule has 0 unspecified atom stereocenters. The van der Waals surface area contributed by atoms with Gasteiger partial charge in [0.25, 0.3) is 5.91 Å². The van der Waals surface area contributed by atoms with Crippen LogP contribution in [0, 0.1) is 0 Å². The lowest BCUT2D eigenvalue weighted by Crippen LogP contribution is -2.11. The predicted molar refractivity (Wildman–Crippen MR) is 76.4 cm³/mol. The Bertz CT molecular complexity index is 676. The third kappa shape index (κ3) is 3.21. The molecule has 0 aliphatic rings. The fourth-order valence-corrected chi connectivity index (χ4v) is 3.09. The molecule has 1 N–H and O–H groups in total. The first-order valence-corrected chi connectivity index (χ1v) is 8.29. The van der Waals surface area contributed by atoms with Crippen LogP contribution in [0.15, 0.2) is 46.0 Å². The molecule has 1 aromatic carbocycles. The lowest BCUT2D eigenvalue weighted by molar-refractivity contribution is 0.102. The molecule has 19 heavy (non-hydrogen) atoms. The van der Waals surface area contributed by atoms with Crippen LogP contribution in [0.3, 0.4) is 0 Å². The van der Waals surface area contributed by atoms with E-state index in [0.29, 0.717) is 11.3 Å². The van der Waals surface area contributed by atoms with Gasteiger partial charge in [-0.15, -0.1) is 0 Å². The van der Waals surface area contributed by atoms with Crippen molar-refractivity contribution in [2.75, 3.05) is 11.1 Å². The third-order valence-corrected chi connectivity index (χ3v) is 5.03. The molecular weight excluding hydrogens is 282 g/mol. The molecule has 0 fully saturated rings. The quantitative estimate of drug-likeness (QED) is 0.943. The minimum atomic E-state index is -3.26. The molecular formula is C13H13NO3S2. The van der Waals surface area contributed by atoms with Crippen LogP contribution in [-0.2, 0) is 9.84 Å². The summed E-state index contributed by atoms with van der Waals surface area (Å²) >= 11 is 1.43. The number of hydrogen-bond donors (Lipinski definition) is 1. The SMILES string of the molecule is CCS(=O)(=O)c1cccc(NC(=O)c2ccsc2)c1. The second kappa shape index (κ2) is 5.54. The molecule has 100 valence electrons. The molecule has 6 heteroatoms. The molecule has 4 nitrogen and oxygen atoms in total. The van der Waals surface area contributed by atoms with Gasteiger partial charge >= 0.3 is 0 Å². The third-order valence-electron chi connectivity index (χ3n) is 2.61. The van der Waals surface area contributed by atoms with Gasteiger partial charge in [0.15, 0.2) is 9.84 Å². The topological polar surface area (TPSA) is 63.2 Å². The van der Waals surface area contributed by atoms with Crippen LogP contribution in [0.1, 0.15) is 17.3 Å². The zero-order valence-electron chi connectivity index (χ0n) is 10.3. The van der Waals surface area contributed by atoms with Crippen molar-refractivity contribution < 1.29 is 13.2 Å². The van der Waals surface area contributed by atoms with Crippen LogP contribution in [-0.4, -0.2) is 20.1 Å². The average Bonchev–Trinajstić information content (AvgIpc) is 2.93. The predicted octanol–water partition coefficient (Wildman–Crippen LogP) is 2.79. The number of benzene rings is 1. The molecule has 0 saturated heterocycles. The number of sulfone groups is 1. The zero-order valence-corrected chi connectivity index (χ0v) is 11.9. The average molecular weight is 295 g/mol. The maximum atomic E-state index is 11.9. The van der Waals surface area contributed by atoms with Gasteiger partial charge in [0.1, 0.15) is 0 Å². The van der Waals surface area contributed by atoms with E-state index >= 15 is 0 Å². The van der Waals surface area contributed by atoms with Gasteiger partial charge in [-0.3, -0.25) is 4.79 Å². The highest BCUT2D eigenvalue weighted by Gasteiger charge is 2.13. The molecule has 0 bridgehead atoms. The summed E-state index contributed by atoms with van der Waals surface area (Å²) in [4.78, 5) is 12.1. The van der Waals surface area contributed by atoms with Crippen LogP contribution in [0.4, 0.5) is 5.69 Å². The number of nitrogens with one attached hydrogen (secondary N) is 1. The molecule has 2 aromatic rings. The van der Waals surface area contributed by atoms with Crippen molar-refractivity contribution in [3.05, 3.63) is 46.7 Å². The van der Waals surface area contributed by atoms with Crippen molar-refractivity contribution in [1.82, 2.24) is 0 Å². The fourth-order valence-electron chi connectivity index (χ4n) is 1.53. The van der Waals surface area contributed by atoms with Gasteiger partial charge < -0.3 is 5.32 Å². The first-order valence-electron chi connectivity index (χ1n) is 5.69. The van der Waals surface area contributed by atoms with E-state index < -0.39 is 9.84 Å². The summed E-state index contributed by atoms with van der Waals surface area (Å²) < 4.78 is 23.5. The van der Waals surface area contributed by atoms with E-state index in [1.807, 2.05) is 5.38 Å². The van der Waals surface area contributed by atoms with Crippen LogP contribution in [0.5, 0.6) is 0 Å². The van der Waals surface area contributed by atoms with Crippen molar-refractivity contribution in [3.63, 3.8) is 0 Å². The van der Waals surface area contributed by atoms with E-state index in [1.165, 1.54) is 23.5 Å². The molecule has 0 aliphatic carbocycles. The normalized spacial score (nSPS) is 11.2. The Morgan fingerprint density at radius 1 is 1.32 bits per heavy atom. The lowest BCUT2D eigenvalue weighted by Gasteiger charge is -2.06. The first kappa shape index (κ1) is 13.8. The van der Waals surface area contributed by atoms with Gasteiger partial charge in [-0.1, -0.05) is 13.0 Å². The summed E-state index contributed by atoms with van der Waals surface area (Å²) in [6.45, 7) is 1.59. The monoisotopic (exact) mass is 295 g/mol. The minimum absolute atomic E-state index is 0.0366. The smallest absolute Gasteiger partial charge is 0.256 e. The standard InChI is InChI=1S/C13H13NO3S2/c1-2-19(16,17)12-5-3-4-11(8-12)14-13(15)10-6-7-18-9-10/h3-9H,2H2,1H3,(H,14,15). The maximum Gasteiger partial charge on any atom is 0.256 e. The summed E-state index contributed by atoms with van der Waals surface area (Å²) in [5.74, 6) is -0.207. The first-order chi connectivity index (χ1) is 9.03. The van der Waals surface area contributed by atoms with E-state index in [4.69, 9.17) is 0 Å². The van der Waals surface area contributed by atoms with Crippen molar-refractivity contribution >= 4 is 32.8 Å². The Kier molecular flexibility index (Phi) is 4.01. The highest BCUT2D eigenvalue weighted by atomic mass is 32.2. The summed E-state index contributed by atoms with van der Waals surface area (Å²) in [6.07, 6.45) is 0. The second-order valence-electron chi connectivity index (χ2n) is 3.90. The van der Waals surface area contributed by atoms with Crippen LogP contribution >= 0.6 is 11.3 Å². The number of hydrogen-bond acceptors (Lipinski definition) is 4. The molecule has 1 aromatic heterocycles. The number of carbonyl (C=O) groups is 1. The molecule has 0 radical (unpaired) electrons. The maximum absolute atomic E-state index is 11.9. The van der Waals surface area contributed by atoms with E-state index in [2.05, 4.69) is 5.32 Å². The molecule has 0 spiro atoms. The fraction of sp³-hybridized carbons (Fsp3) is 0.154. The molecule has 0 saturated carbocycles. The van der Waals surface area contributed by atoms with Gasteiger partial charge in [0.2, 0.25) is 0 Å². The zero-order chi connectivity index (χ0) is 13.9. The molecule has 1 heterocycles. The molecule has 0 aliphatic heterocycles. The van der Waals surface area contributed by atoms with Gasteiger partial charge in [0, 0.05) is 11.1 Å². The van der Waals surface area contributed by atoms with E-state index in [-0.39, 0.29) is 16.6 Å². The van der Waals surface area contributed by atoms with Crippen molar-refractivity contribution in [2.45, 2.75) is 11.8 Å². The van der Waals surface area contributed by atoms with Gasteiger partial charge in [-0.25, -0.2) is 8.42 Å². The van der Waals surface area contributed by atoms with Crippen LogP contribution in [0.2, 0.25) is 0 Å². The Hall–Kier alpha value is -1.66. The van der Waals surface area contributed by atoms with Gasteiger partial charge in [-0.2, -0.15) is 11.3 Å². The van der Waals surface area contributed by atoms with Crippen molar-refractivity contribution in [1.29, 1.82) is 0 Å². The highest BCUT2D eigenvalue weighted by Crippen LogP contribution is 2.18. The number of carbonyl (C=O) groups excluding carboxylic acids is 1. The summed E-state index contributed by atoms with van der Waals surface area (Å²) in [6, 6.07) is 8.00. The molecule has 2 rings (SSSR count). The Labute approximate surface area is 116 Å². The van der Waals surface area contributed by atoms with Crippen molar-refractivity contribution in [3.8, 4) is 0 Å². The Balaban J connectivity index is 2.23. The molecule has 0 atom stereocenters. The van der Waals surface area contributed by atoms with E-state index in [9.17, 15) is 13.2 Å². The number of thiophene rings is 1. The summed E-state index contributed by atoms with van der Waals surface area (Å²) in [5, 5.41) is 6.23. The van der Waals surface area contributed by atoms with Gasteiger partial charge in [-0.05, 0) is 29.6 Å². The number of anilines is 1. The van der Waals surface area contributed by atoms with E-state index in [1.54, 1.807) is 30.5 Å². The van der Waals surface area contributed by atoms with Gasteiger partial charge in [0.05, 0.1) is 16.2 Å². The highest BCUT2D eigenvalue weighted by molar-refractivity contribution is 7.91. The summed E-state index contributed by atoms with van der Waals surface area (Å²) in [7, 11) is -3.26. The van der Waals surface area contributed by atoms with Crippen LogP contribution in [0.25, 0.3) is 0 Å². The minimum Gasteiger partial charge on any atom is -0.322 e. The number of rotatable bonds is 4. The summed E-state index contributed by atoms with van der Waals surface area (Å²) in [5.41, 5.74) is 1.04. The Morgan fingerprint density at radius 3 is 2.74 bits per heavy atom. The number of amides is 1. The Morgan fingerprint density at radius 2 is 2.11 bits per heavy atom. The van der Waals surface area contributed by atoms with Crippen molar-refractivity contribution in [2.24, 2.45) is 0 Å². The lowest BCUT2D eigenvalue weighted by atomic mass is 10.3. The van der Waals surface area contributed by atoms with Crippen LogP contribution < -0.4 is 5.32 Å². The van der Waals surface area contributed by atoms with E-state index in [0.717, 1.165) is 0 Å².